The van der Waals surface area contributed by atoms with Crippen LogP contribution in [-0.4, -0.2) is 47.8 Å². The largest absolute Gasteiger partial charge is 0.441 e. The zero-order chi connectivity index (χ0) is 23.6. The first-order chi connectivity index (χ1) is 15.0. The molecule has 10 nitrogen and oxygen atoms in total. The van der Waals surface area contributed by atoms with Gasteiger partial charge in [-0.3, -0.25) is 9.62 Å². The second-order valence-electron chi connectivity index (χ2n) is 7.14. The van der Waals surface area contributed by atoms with Gasteiger partial charge in [0, 0.05) is 24.7 Å². The molecule has 1 amide bonds. The van der Waals surface area contributed by atoms with E-state index in [0.29, 0.717) is 33.4 Å². The summed E-state index contributed by atoms with van der Waals surface area (Å²) in [6.07, 6.45) is -0.186. The number of pyridine rings is 1. The number of hydrogen-bond donors (Lipinski definition) is 1. The topological polar surface area (TPSA) is 119 Å². The number of nitrogens with one attached hydrogen (secondary N) is 1. The van der Waals surface area contributed by atoms with E-state index >= 15 is 0 Å². The number of ether oxygens (including phenoxy) is 1. The molecule has 3 rings (SSSR count). The van der Waals surface area contributed by atoms with Crippen molar-refractivity contribution in [3.8, 4) is 11.4 Å². The Morgan fingerprint density at radius 3 is 2.56 bits per heavy atom. The molecule has 0 aliphatic carbocycles. The number of amides is 1. The molecular weight excluding hydrogens is 456 g/mol. The standard InChI is InChI=1S/C20H23ClN6O4S/c1-12-17(27(4)32(5,29)30)11-10-16(22-12)18-19(26(3)25-24-18)23-20(28)31-13(2)14-8-6-7-9-15(14)21/h6-11,13H,1-5H3,(H,23,28)/t13-/m1/s1. The van der Waals surface area contributed by atoms with E-state index in [9.17, 15) is 13.2 Å². The molecule has 2 aromatic heterocycles. The van der Waals surface area contributed by atoms with Crippen molar-refractivity contribution in [2.24, 2.45) is 7.05 Å². The van der Waals surface area contributed by atoms with Gasteiger partial charge in [-0.25, -0.2) is 22.9 Å². The van der Waals surface area contributed by atoms with Crippen molar-refractivity contribution in [2.75, 3.05) is 22.9 Å². The van der Waals surface area contributed by atoms with Gasteiger partial charge >= 0.3 is 6.09 Å². The molecule has 0 spiro atoms. The summed E-state index contributed by atoms with van der Waals surface area (Å²) in [5.41, 5.74) is 2.31. The van der Waals surface area contributed by atoms with E-state index in [-0.39, 0.29) is 5.82 Å². The lowest BCUT2D eigenvalue weighted by atomic mass is 10.1. The molecule has 12 heteroatoms. The van der Waals surface area contributed by atoms with Crippen molar-refractivity contribution in [1.29, 1.82) is 0 Å². The molecule has 0 aliphatic rings. The molecule has 32 heavy (non-hydrogen) atoms. The Kier molecular flexibility index (Phi) is 6.70. The molecule has 0 bridgehead atoms. The minimum absolute atomic E-state index is 0.275. The summed E-state index contributed by atoms with van der Waals surface area (Å²) in [5, 5.41) is 11.2. The SMILES string of the molecule is Cc1nc(-c2nnn(C)c2NC(=O)O[C@H](C)c2ccccc2Cl)ccc1N(C)S(C)(=O)=O. The number of benzene rings is 1. The zero-order valence-electron chi connectivity index (χ0n) is 18.2. The second kappa shape index (κ2) is 9.13. The molecular formula is C20H23ClN6O4S. The van der Waals surface area contributed by atoms with E-state index in [1.807, 2.05) is 0 Å². The lowest BCUT2D eigenvalue weighted by molar-refractivity contribution is 0.121. The number of nitrogens with zero attached hydrogens (tertiary/aromatic N) is 5. The third kappa shape index (κ3) is 5.00. The quantitative estimate of drug-likeness (QED) is 0.575. The highest BCUT2D eigenvalue weighted by molar-refractivity contribution is 7.92. The van der Waals surface area contributed by atoms with Gasteiger partial charge in [0.1, 0.15) is 6.10 Å². The van der Waals surface area contributed by atoms with Crippen molar-refractivity contribution in [3.63, 3.8) is 0 Å². The van der Waals surface area contributed by atoms with Gasteiger partial charge in [-0.05, 0) is 32.0 Å². The first-order valence-electron chi connectivity index (χ1n) is 9.52. The lowest BCUT2D eigenvalue weighted by Crippen LogP contribution is -2.25. The van der Waals surface area contributed by atoms with Gasteiger partial charge in [-0.15, -0.1) is 5.10 Å². The number of carbonyl (C=O) groups excluding carboxylic acids is 1. The molecule has 1 N–H and O–H groups in total. The van der Waals surface area contributed by atoms with Crippen LogP contribution in [0.15, 0.2) is 36.4 Å². The number of carbonyl (C=O) groups is 1. The zero-order valence-corrected chi connectivity index (χ0v) is 19.8. The van der Waals surface area contributed by atoms with Crippen LogP contribution in [-0.2, 0) is 21.8 Å². The van der Waals surface area contributed by atoms with E-state index in [1.165, 1.54) is 11.7 Å². The molecule has 0 aliphatic heterocycles. The molecule has 0 radical (unpaired) electrons. The summed E-state index contributed by atoms with van der Waals surface area (Å²) in [6.45, 7) is 3.40. The highest BCUT2D eigenvalue weighted by Gasteiger charge is 2.22. The molecule has 3 aromatic rings. The number of hydrogen-bond acceptors (Lipinski definition) is 7. The summed E-state index contributed by atoms with van der Waals surface area (Å²) in [4.78, 5) is 17.0. The van der Waals surface area contributed by atoms with Gasteiger partial charge < -0.3 is 4.74 Å². The van der Waals surface area contributed by atoms with Crippen LogP contribution in [0.4, 0.5) is 16.3 Å². The number of anilines is 2. The van der Waals surface area contributed by atoms with E-state index < -0.39 is 22.2 Å². The maximum atomic E-state index is 12.5. The lowest BCUT2D eigenvalue weighted by Gasteiger charge is -2.18. The predicted molar refractivity (Wildman–Crippen MR) is 122 cm³/mol. The van der Waals surface area contributed by atoms with Crippen LogP contribution in [0.1, 0.15) is 24.3 Å². The minimum atomic E-state index is -3.44. The smallest absolute Gasteiger partial charge is 0.413 e. The maximum Gasteiger partial charge on any atom is 0.413 e. The molecule has 1 atom stereocenters. The highest BCUT2D eigenvalue weighted by atomic mass is 35.5. The number of rotatable bonds is 6. The first-order valence-corrected chi connectivity index (χ1v) is 11.7. The van der Waals surface area contributed by atoms with Crippen molar-refractivity contribution < 1.29 is 17.9 Å². The van der Waals surface area contributed by atoms with E-state index in [0.717, 1.165) is 10.6 Å². The van der Waals surface area contributed by atoms with Gasteiger partial charge in [0.25, 0.3) is 0 Å². The Labute approximate surface area is 191 Å². The first kappa shape index (κ1) is 23.5. The monoisotopic (exact) mass is 478 g/mol. The third-order valence-electron chi connectivity index (χ3n) is 4.81. The number of sulfonamides is 1. The number of aromatic nitrogens is 4. The predicted octanol–water partition coefficient (Wildman–Crippen LogP) is 3.54. The number of aryl methyl sites for hydroxylation is 2. The Morgan fingerprint density at radius 2 is 1.94 bits per heavy atom. The highest BCUT2D eigenvalue weighted by Crippen LogP contribution is 2.29. The molecule has 1 aromatic carbocycles. The van der Waals surface area contributed by atoms with Gasteiger partial charge in [-0.1, -0.05) is 35.0 Å². The van der Waals surface area contributed by atoms with Gasteiger partial charge in [0.15, 0.2) is 11.5 Å². The van der Waals surface area contributed by atoms with Crippen molar-refractivity contribution in [3.05, 3.63) is 52.7 Å². The van der Waals surface area contributed by atoms with Crippen LogP contribution in [0.5, 0.6) is 0 Å². The van der Waals surface area contributed by atoms with Gasteiger partial charge in [0.05, 0.1) is 23.3 Å². The molecule has 0 saturated heterocycles. The fourth-order valence-electron chi connectivity index (χ4n) is 3.02. The Balaban J connectivity index is 1.83. The van der Waals surface area contributed by atoms with Crippen LogP contribution >= 0.6 is 11.6 Å². The van der Waals surface area contributed by atoms with Gasteiger partial charge in [0.2, 0.25) is 10.0 Å². The van der Waals surface area contributed by atoms with Crippen LogP contribution in [0.2, 0.25) is 5.02 Å². The minimum Gasteiger partial charge on any atom is -0.441 e. The summed E-state index contributed by atoms with van der Waals surface area (Å²) >= 11 is 6.17. The maximum absolute atomic E-state index is 12.5. The number of halogens is 1. The average molecular weight is 479 g/mol. The van der Waals surface area contributed by atoms with Crippen molar-refractivity contribution in [2.45, 2.75) is 20.0 Å². The van der Waals surface area contributed by atoms with Crippen LogP contribution in [0.3, 0.4) is 0 Å². The third-order valence-corrected chi connectivity index (χ3v) is 6.35. The Hall–Kier alpha value is -3.18. The average Bonchev–Trinajstić information content (AvgIpc) is 3.07. The van der Waals surface area contributed by atoms with Crippen LogP contribution in [0, 0.1) is 6.92 Å². The fourth-order valence-corrected chi connectivity index (χ4v) is 3.86. The molecule has 0 saturated carbocycles. The summed E-state index contributed by atoms with van der Waals surface area (Å²) in [6, 6.07) is 10.3. The second-order valence-corrected chi connectivity index (χ2v) is 9.56. The summed E-state index contributed by atoms with van der Waals surface area (Å²) < 4.78 is 31.6. The fraction of sp³-hybridized carbons (Fsp3) is 0.300. The van der Waals surface area contributed by atoms with E-state index in [1.54, 1.807) is 57.3 Å². The van der Waals surface area contributed by atoms with Crippen molar-refractivity contribution in [1.82, 2.24) is 20.0 Å². The van der Waals surface area contributed by atoms with Crippen LogP contribution in [0.25, 0.3) is 11.4 Å². The van der Waals surface area contributed by atoms with Crippen LogP contribution < -0.4 is 9.62 Å². The molecule has 0 unspecified atom stereocenters. The van der Waals surface area contributed by atoms with E-state index in [4.69, 9.17) is 16.3 Å². The van der Waals surface area contributed by atoms with Gasteiger partial charge in [-0.2, -0.15) is 0 Å². The molecule has 2 heterocycles. The van der Waals surface area contributed by atoms with E-state index in [2.05, 4.69) is 20.6 Å². The molecule has 170 valence electrons. The molecule has 0 fully saturated rings. The Morgan fingerprint density at radius 1 is 1.25 bits per heavy atom. The van der Waals surface area contributed by atoms with Crippen molar-refractivity contribution >= 4 is 39.2 Å². The summed E-state index contributed by atoms with van der Waals surface area (Å²) in [7, 11) is -0.373. The Bertz CT molecular complexity index is 1260. The normalized spacial score (nSPS) is 12.3. The summed E-state index contributed by atoms with van der Waals surface area (Å²) in [5.74, 6) is 0.275.